The highest BCUT2D eigenvalue weighted by Crippen LogP contribution is 2.16. The molecule has 0 aliphatic heterocycles. The minimum atomic E-state index is 0.618. The summed E-state index contributed by atoms with van der Waals surface area (Å²) in [5.41, 5.74) is 7.25. The molecule has 0 amide bonds. The lowest BCUT2D eigenvalue weighted by Gasteiger charge is -1.93. The molecule has 0 bridgehead atoms. The molecule has 4 nitrogen and oxygen atoms in total. The molecule has 0 spiro atoms. The highest BCUT2D eigenvalue weighted by molar-refractivity contribution is 9.10. The van der Waals surface area contributed by atoms with Crippen LogP contribution in [0.3, 0.4) is 0 Å². The van der Waals surface area contributed by atoms with Crippen LogP contribution in [0.2, 0.25) is 0 Å². The molecule has 2 heterocycles. The Morgan fingerprint density at radius 3 is 3.08 bits per heavy atom. The zero-order valence-corrected chi connectivity index (χ0v) is 8.50. The van der Waals surface area contributed by atoms with Gasteiger partial charge in [0.15, 0.2) is 5.65 Å². The molecule has 2 aromatic rings. The van der Waals surface area contributed by atoms with Gasteiger partial charge in [-0.15, -0.1) is 0 Å². The van der Waals surface area contributed by atoms with E-state index in [4.69, 9.17) is 5.73 Å². The zero-order chi connectivity index (χ0) is 9.26. The first kappa shape index (κ1) is 8.65. The fraction of sp³-hybridized carbons (Fsp3) is 0.250. The highest BCUT2D eigenvalue weighted by Gasteiger charge is 2.04. The summed E-state index contributed by atoms with van der Waals surface area (Å²) in [6.45, 7) is 0.618. The van der Waals surface area contributed by atoms with E-state index in [1.807, 2.05) is 12.1 Å². The molecular formula is C8H9BrN4. The molecule has 0 aliphatic rings. The standard InChI is InChI=1S/C8H9BrN4/c9-7-2-1-5-6(3-4-10)12-13-8(5)11-7/h1-2H,3-4,10H2,(H,11,12,13). The smallest absolute Gasteiger partial charge is 0.182 e. The minimum absolute atomic E-state index is 0.618. The van der Waals surface area contributed by atoms with Gasteiger partial charge in [0.05, 0.1) is 0 Å². The average molecular weight is 241 g/mol. The molecular weight excluding hydrogens is 232 g/mol. The van der Waals surface area contributed by atoms with Crippen molar-refractivity contribution in [1.82, 2.24) is 15.2 Å². The number of hydrogen-bond acceptors (Lipinski definition) is 3. The molecule has 0 aliphatic carbocycles. The number of aromatic amines is 1. The van der Waals surface area contributed by atoms with E-state index in [1.165, 1.54) is 0 Å². The van der Waals surface area contributed by atoms with Crippen LogP contribution in [0.5, 0.6) is 0 Å². The third kappa shape index (κ3) is 1.57. The second-order valence-electron chi connectivity index (χ2n) is 2.75. The third-order valence-electron chi connectivity index (χ3n) is 1.86. The number of nitrogens with zero attached hydrogens (tertiary/aromatic N) is 2. The van der Waals surface area contributed by atoms with Gasteiger partial charge in [0, 0.05) is 17.5 Å². The summed E-state index contributed by atoms with van der Waals surface area (Å²) < 4.78 is 0.797. The Labute approximate surface area is 83.7 Å². The second-order valence-corrected chi connectivity index (χ2v) is 3.56. The molecule has 0 aromatic carbocycles. The Bertz CT molecular complexity index is 423. The van der Waals surface area contributed by atoms with Crippen molar-refractivity contribution in [1.29, 1.82) is 0 Å². The molecule has 0 saturated heterocycles. The van der Waals surface area contributed by atoms with Crippen molar-refractivity contribution in [3.05, 3.63) is 22.4 Å². The molecule has 0 radical (unpaired) electrons. The minimum Gasteiger partial charge on any atom is -0.330 e. The summed E-state index contributed by atoms with van der Waals surface area (Å²) in [6, 6.07) is 3.89. The van der Waals surface area contributed by atoms with E-state index >= 15 is 0 Å². The van der Waals surface area contributed by atoms with Gasteiger partial charge in [-0.2, -0.15) is 5.10 Å². The quantitative estimate of drug-likeness (QED) is 0.777. The van der Waals surface area contributed by atoms with Crippen LogP contribution >= 0.6 is 15.9 Å². The van der Waals surface area contributed by atoms with Gasteiger partial charge in [0.2, 0.25) is 0 Å². The number of pyridine rings is 1. The largest absolute Gasteiger partial charge is 0.330 e. The van der Waals surface area contributed by atoms with Crippen molar-refractivity contribution in [3.63, 3.8) is 0 Å². The number of halogens is 1. The van der Waals surface area contributed by atoms with Gasteiger partial charge in [-0.25, -0.2) is 4.98 Å². The fourth-order valence-electron chi connectivity index (χ4n) is 1.26. The van der Waals surface area contributed by atoms with E-state index in [0.717, 1.165) is 27.8 Å². The maximum Gasteiger partial charge on any atom is 0.182 e. The van der Waals surface area contributed by atoms with Crippen LogP contribution in [-0.4, -0.2) is 21.7 Å². The van der Waals surface area contributed by atoms with Gasteiger partial charge in [-0.3, -0.25) is 5.10 Å². The lowest BCUT2D eigenvalue weighted by atomic mass is 10.2. The van der Waals surface area contributed by atoms with Crippen molar-refractivity contribution in [2.75, 3.05) is 6.54 Å². The number of nitrogens with two attached hydrogens (primary N) is 1. The number of rotatable bonds is 2. The van der Waals surface area contributed by atoms with E-state index in [0.29, 0.717) is 6.54 Å². The molecule has 0 unspecified atom stereocenters. The Kier molecular flexibility index (Phi) is 2.28. The first-order valence-corrected chi connectivity index (χ1v) is 4.80. The number of fused-ring (bicyclic) bond motifs is 1. The van der Waals surface area contributed by atoms with E-state index in [1.54, 1.807) is 0 Å². The Morgan fingerprint density at radius 2 is 2.31 bits per heavy atom. The van der Waals surface area contributed by atoms with Crippen LogP contribution in [0, 0.1) is 0 Å². The molecule has 2 rings (SSSR count). The predicted octanol–water partition coefficient (Wildman–Crippen LogP) is 1.22. The van der Waals surface area contributed by atoms with Crippen LogP contribution in [0.4, 0.5) is 0 Å². The van der Waals surface area contributed by atoms with Crippen molar-refractivity contribution < 1.29 is 0 Å². The van der Waals surface area contributed by atoms with Crippen molar-refractivity contribution in [3.8, 4) is 0 Å². The van der Waals surface area contributed by atoms with Crippen molar-refractivity contribution >= 4 is 27.0 Å². The second kappa shape index (κ2) is 3.43. The number of H-pyrrole nitrogens is 1. The van der Waals surface area contributed by atoms with Crippen molar-refractivity contribution in [2.24, 2.45) is 5.73 Å². The molecule has 0 saturated carbocycles. The molecule has 13 heavy (non-hydrogen) atoms. The third-order valence-corrected chi connectivity index (χ3v) is 2.30. The lowest BCUT2D eigenvalue weighted by molar-refractivity contribution is 0.908. The van der Waals surface area contributed by atoms with Crippen LogP contribution < -0.4 is 5.73 Å². The summed E-state index contributed by atoms with van der Waals surface area (Å²) in [4.78, 5) is 4.21. The van der Waals surface area contributed by atoms with Crippen LogP contribution in [0.15, 0.2) is 16.7 Å². The van der Waals surface area contributed by atoms with E-state index < -0.39 is 0 Å². The molecule has 0 atom stereocenters. The Hall–Kier alpha value is -0.940. The van der Waals surface area contributed by atoms with Gasteiger partial charge in [-0.1, -0.05) is 0 Å². The SMILES string of the molecule is NCCc1[nH]nc2nc(Br)ccc12. The number of hydrogen-bond donors (Lipinski definition) is 2. The van der Waals surface area contributed by atoms with Gasteiger partial charge in [0.1, 0.15) is 4.60 Å². The lowest BCUT2D eigenvalue weighted by Crippen LogP contribution is -2.03. The van der Waals surface area contributed by atoms with Gasteiger partial charge in [-0.05, 0) is 34.6 Å². The normalized spacial score (nSPS) is 10.9. The van der Waals surface area contributed by atoms with Gasteiger partial charge in [0.25, 0.3) is 0 Å². The number of nitrogens with one attached hydrogen (secondary N) is 1. The van der Waals surface area contributed by atoms with E-state index in [2.05, 4.69) is 31.1 Å². The Balaban J connectivity index is 2.55. The zero-order valence-electron chi connectivity index (χ0n) is 6.92. The highest BCUT2D eigenvalue weighted by atomic mass is 79.9. The summed E-state index contributed by atoms with van der Waals surface area (Å²) in [6.07, 6.45) is 0.805. The van der Waals surface area contributed by atoms with Crippen LogP contribution in [-0.2, 0) is 6.42 Å². The monoisotopic (exact) mass is 240 g/mol. The maximum absolute atomic E-state index is 5.46. The molecule has 0 fully saturated rings. The van der Waals surface area contributed by atoms with E-state index in [9.17, 15) is 0 Å². The molecule has 68 valence electrons. The summed E-state index contributed by atoms with van der Waals surface area (Å²) >= 11 is 3.29. The summed E-state index contributed by atoms with van der Waals surface area (Å²) in [5, 5.41) is 8.05. The molecule has 5 heteroatoms. The number of aromatic nitrogens is 3. The summed E-state index contributed by atoms with van der Waals surface area (Å²) in [5.74, 6) is 0. The average Bonchev–Trinajstić information content (AvgIpc) is 2.49. The fourth-order valence-corrected chi connectivity index (χ4v) is 1.56. The van der Waals surface area contributed by atoms with Crippen LogP contribution in [0.1, 0.15) is 5.69 Å². The maximum atomic E-state index is 5.46. The Morgan fingerprint density at radius 1 is 1.46 bits per heavy atom. The first-order chi connectivity index (χ1) is 6.31. The van der Waals surface area contributed by atoms with Crippen molar-refractivity contribution in [2.45, 2.75) is 6.42 Å². The molecule has 2 aromatic heterocycles. The van der Waals surface area contributed by atoms with Gasteiger partial charge < -0.3 is 5.73 Å². The van der Waals surface area contributed by atoms with E-state index in [-0.39, 0.29) is 0 Å². The topological polar surface area (TPSA) is 67.6 Å². The van der Waals surface area contributed by atoms with Crippen LogP contribution in [0.25, 0.3) is 11.0 Å². The molecule has 3 N–H and O–H groups in total. The first-order valence-electron chi connectivity index (χ1n) is 4.01. The summed E-state index contributed by atoms with van der Waals surface area (Å²) in [7, 11) is 0. The predicted molar refractivity (Wildman–Crippen MR) is 54.3 cm³/mol. The van der Waals surface area contributed by atoms with Gasteiger partial charge >= 0.3 is 0 Å².